The van der Waals surface area contributed by atoms with Crippen molar-refractivity contribution in [3.63, 3.8) is 0 Å². The normalized spacial score (nSPS) is 25.3. The maximum absolute atomic E-state index is 2.45. The monoisotopic (exact) mass is 200 g/mol. The van der Waals surface area contributed by atoms with Crippen LogP contribution in [0.5, 0.6) is 0 Å². The van der Waals surface area contributed by atoms with Crippen LogP contribution in [0.15, 0.2) is 46.6 Å². The second-order valence-electron chi connectivity index (χ2n) is 5.06. The minimum Gasteiger partial charge on any atom is -0.0735 e. The van der Waals surface area contributed by atoms with E-state index in [1.54, 1.807) is 0 Å². The van der Waals surface area contributed by atoms with Gasteiger partial charge in [0.1, 0.15) is 0 Å². The van der Waals surface area contributed by atoms with Crippen molar-refractivity contribution in [1.29, 1.82) is 0 Å². The van der Waals surface area contributed by atoms with Crippen LogP contribution in [0.2, 0.25) is 0 Å². The van der Waals surface area contributed by atoms with Crippen LogP contribution in [0.25, 0.3) is 0 Å². The Kier molecular flexibility index (Phi) is 2.68. The lowest BCUT2D eigenvalue weighted by atomic mass is 9.82. The molecule has 2 bridgehead atoms. The molecule has 0 N–H and O–H groups in total. The van der Waals surface area contributed by atoms with E-state index in [4.69, 9.17) is 0 Å². The molecule has 0 heteroatoms. The van der Waals surface area contributed by atoms with Crippen molar-refractivity contribution in [1.82, 2.24) is 0 Å². The van der Waals surface area contributed by atoms with E-state index in [9.17, 15) is 0 Å². The molecule has 0 fully saturated rings. The first-order valence-corrected chi connectivity index (χ1v) is 5.85. The molecule has 0 radical (unpaired) electrons. The summed E-state index contributed by atoms with van der Waals surface area (Å²) in [6, 6.07) is 0. The van der Waals surface area contributed by atoms with Gasteiger partial charge in [0.25, 0.3) is 0 Å². The van der Waals surface area contributed by atoms with Gasteiger partial charge >= 0.3 is 0 Å². The van der Waals surface area contributed by atoms with Crippen molar-refractivity contribution in [3.05, 3.63) is 46.6 Å². The lowest BCUT2D eigenvalue weighted by Crippen LogP contribution is -2.08. The van der Waals surface area contributed by atoms with Gasteiger partial charge in [-0.2, -0.15) is 0 Å². The predicted molar refractivity (Wildman–Crippen MR) is 66.6 cm³/mol. The predicted octanol–water partition coefficient (Wildman–Crippen LogP) is 4.42. The molecule has 0 amide bonds. The molecule has 0 aromatic carbocycles. The summed E-state index contributed by atoms with van der Waals surface area (Å²) in [5.74, 6) is 1.28. The van der Waals surface area contributed by atoms with Crippen molar-refractivity contribution < 1.29 is 0 Å². The standard InChI is InChI=1S/C15H20/c1-10(2)13-7-14-9-15(8-13)12(4)6-5-11(14)3/h5-8,10,14H,9H2,1-4H3. The molecule has 0 saturated carbocycles. The Balaban J connectivity index is 2.45. The van der Waals surface area contributed by atoms with E-state index in [-0.39, 0.29) is 0 Å². The molecule has 15 heavy (non-hydrogen) atoms. The minimum atomic E-state index is 0.635. The zero-order valence-corrected chi connectivity index (χ0v) is 10.2. The summed E-state index contributed by atoms with van der Waals surface area (Å²) in [5, 5.41) is 0. The topological polar surface area (TPSA) is 0 Å². The van der Waals surface area contributed by atoms with Crippen LogP contribution < -0.4 is 0 Å². The average Bonchev–Trinajstić information content (AvgIpc) is 2.31. The molecule has 2 rings (SSSR count). The highest BCUT2D eigenvalue weighted by Crippen LogP contribution is 2.36. The molecule has 1 atom stereocenters. The number of hydrogen-bond acceptors (Lipinski definition) is 0. The van der Waals surface area contributed by atoms with Crippen LogP contribution in [0.3, 0.4) is 0 Å². The molecule has 0 nitrogen and oxygen atoms in total. The van der Waals surface area contributed by atoms with Crippen molar-refractivity contribution in [2.75, 3.05) is 0 Å². The molecule has 0 aromatic heterocycles. The smallest absolute Gasteiger partial charge is 0.00235 e. The molecule has 0 heterocycles. The Morgan fingerprint density at radius 3 is 2.60 bits per heavy atom. The van der Waals surface area contributed by atoms with E-state index in [0.29, 0.717) is 11.8 Å². The molecular weight excluding hydrogens is 180 g/mol. The lowest BCUT2D eigenvalue weighted by Gasteiger charge is -2.23. The Morgan fingerprint density at radius 1 is 1.20 bits per heavy atom. The highest BCUT2D eigenvalue weighted by molar-refractivity contribution is 5.46. The van der Waals surface area contributed by atoms with E-state index >= 15 is 0 Å². The molecule has 0 aliphatic heterocycles. The third-order valence-corrected chi connectivity index (χ3v) is 3.53. The van der Waals surface area contributed by atoms with Gasteiger partial charge in [-0.15, -0.1) is 0 Å². The van der Waals surface area contributed by atoms with Gasteiger partial charge < -0.3 is 0 Å². The van der Waals surface area contributed by atoms with Gasteiger partial charge in [-0.1, -0.05) is 43.7 Å². The van der Waals surface area contributed by atoms with Crippen molar-refractivity contribution in [2.45, 2.75) is 34.1 Å². The highest BCUT2D eigenvalue weighted by Gasteiger charge is 2.20. The second kappa shape index (κ2) is 3.84. The Hall–Kier alpha value is -1.04. The Morgan fingerprint density at radius 2 is 1.93 bits per heavy atom. The van der Waals surface area contributed by atoms with Crippen LogP contribution in [0.1, 0.15) is 34.1 Å². The van der Waals surface area contributed by atoms with Gasteiger partial charge in [0.2, 0.25) is 0 Å². The third-order valence-electron chi connectivity index (χ3n) is 3.53. The average molecular weight is 200 g/mol. The van der Waals surface area contributed by atoms with Gasteiger partial charge in [0, 0.05) is 5.92 Å². The van der Waals surface area contributed by atoms with E-state index in [1.807, 2.05) is 0 Å². The zero-order chi connectivity index (χ0) is 11.0. The van der Waals surface area contributed by atoms with Gasteiger partial charge in [0.05, 0.1) is 0 Å². The molecule has 1 unspecified atom stereocenters. The van der Waals surface area contributed by atoms with Crippen LogP contribution in [-0.2, 0) is 0 Å². The summed E-state index contributed by atoms with van der Waals surface area (Å²) in [6.07, 6.45) is 10.6. The van der Waals surface area contributed by atoms with Crippen molar-refractivity contribution >= 4 is 0 Å². The second-order valence-corrected chi connectivity index (χ2v) is 5.06. The van der Waals surface area contributed by atoms with Crippen molar-refractivity contribution in [3.8, 4) is 0 Å². The van der Waals surface area contributed by atoms with E-state index in [0.717, 1.165) is 0 Å². The highest BCUT2D eigenvalue weighted by atomic mass is 14.2. The lowest BCUT2D eigenvalue weighted by molar-refractivity contribution is 0.695. The Bertz CT molecular complexity index is 386. The molecule has 80 valence electrons. The van der Waals surface area contributed by atoms with Gasteiger partial charge in [-0.3, -0.25) is 0 Å². The molecule has 0 spiro atoms. The first kappa shape index (κ1) is 10.5. The Labute approximate surface area is 93.1 Å². The van der Waals surface area contributed by atoms with E-state index in [2.05, 4.69) is 52.0 Å². The number of rotatable bonds is 1. The molecular formula is C15H20. The number of hydrogen-bond donors (Lipinski definition) is 0. The maximum atomic E-state index is 2.45. The molecule has 2 aliphatic carbocycles. The van der Waals surface area contributed by atoms with Crippen LogP contribution >= 0.6 is 0 Å². The fraction of sp³-hybridized carbons (Fsp3) is 0.467. The zero-order valence-electron chi connectivity index (χ0n) is 10.2. The molecule has 0 aromatic rings. The summed E-state index contributed by atoms with van der Waals surface area (Å²) in [4.78, 5) is 0. The van der Waals surface area contributed by atoms with Crippen LogP contribution in [0.4, 0.5) is 0 Å². The van der Waals surface area contributed by atoms with Crippen LogP contribution in [0, 0.1) is 11.8 Å². The number of fused-ring (bicyclic) bond motifs is 2. The number of allylic oxidation sites excluding steroid dienone is 8. The van der Waals surface area contributed by atoms with Crippen LogP contribution in [-0.4, -0.2) is 0 Å². The molecule has 0 saturated heterocycles. The summed E-state index contributed by atoms with van der Waals surface area (Å²) in [5.41, 5.74) is 5.96. The van der Waals surface area contributed by atoms with E-state index in [1.165, 1.54) is 28.7 Å². The SMILES string of the molecule is CC1=CC=C(C)C2C=C(C(C)C)C=C1C2. The fourth-order valence-electron chi connectivity index (χ4n) is 2.25. The largest absolute Gasteiger partial charge is 0.0735 e. The first-order valence-electron chi connectivity index (χ1n) is 5.85. The third kappa shape index (κ3) is 1.99. The maximum Gasteiger partial charge on any atom is 0.00235 e. The summed E-state index contributed by atoms with van der Waals surface area (Å²) < 4.78 is 0. The minimum absolute atomic E-state index is 0.635. The van der Waals surface area contributed by atoms with Gasteiger partial charge in [-0.05, 0) is 42.9 Å². The quantitative estimate of drug-likeness (QED) is 0.587. The first-order chi connectivity index (χ1) is 7.08. The molecule has 2 aliphatic rings. The summed E-state index contributed by atoms with van der Waals surface area (Å²) >= 11 is 0. The van der Waals surface area contributed by atoms with Crippen molar-refractivity contribution in [2.24, 2.45) is 11.8 Å². The summed E-state index contributed by atoms with van der Waals surface area (Å²) in [7, 11) is 0. The van der Waals surface area contributed by atoms with E-state index < -0.39 is 0 Å². The van der Waals surface area contributed by atoms with Gasteiger partial charge in [0.15, 0.2) is 0 Å². The fourth-order valence-corrected chi connectivity index (χ4v) is 2.25. The summed E-state index contributed by atoms with van der Waals surface area (Å²) in [6.45, 7) is 9.02. The van der Waals surface area contributed by atoms with Gasteiger partial charge in [-0.25, -0.2) is 0 Å².